The predicted molar refractivity (Wildman–Crippen MR) is 141 cm³/mol. The molecule has 1 aromatic heterocycles. The Balaban J connectivity index is 1.25. The first-order chi connectivity index (χ1) is 18.0. The minimum atomic E-state index is -0.936. The number of fused-ring (bicyclic) bond motifs is 2. The number of carbonyl (C=O) groups is 2. The van der Waals surface area contributed by atoms with Gasteiger partial charge in [-0.25, -0.2) is 4.98 Å². The highest BCUT2D eigenvalue weighted by Gasteiger charge is 2.44. The number of ketones is 1. The van der Waals surface area contributed by atoms with E-state index in [4.69, 9.17) is 19.2 Å². The number of ether oxygens (including phenoxy) is 3. The molecule has 1 fully saturated rings. The van der Waals surface area contributed by atoms with Crippen LogP contribution >= 0.6 is 11.3 Å². The standard InChI is InChI=1S/C28H32N2O6S/c1-34-22-15-24-21(14-23(22)36-13-10-30-8-11-35-12-9-30)29-26(37-24)7-6-25(31)28(18-27(32)33)16-19-4-2-3-5-20(19)17-28/h2-5,14-15H,6-13,16-18H2,1H3,(H,32,33). The third kappa shape index (κ3) is 5.79. The molecule has 196 valence electrons. The van der Waals surface area contributed by atoms with Crippen LogP contribution in [0.3, 0.4) is 0 Å². The molecule has 2 aromatic carbocycles. The van der Waals surface area contributed by atoms with E-state index in [1.54, 1.807) is 7.11 Å². The fourth-order valence-corrected chi connectivity index (χ4v) is 6.34. The van der Waals surface area contributed by atoms with Crippen molar-refractivity contribution in [3.8, 4) is 11.5 Å². The molecular formula is C28H32N2O6S. The van der Waals surface area contributed by atoms with Gasteiger partial charge in [-0.3, -0.25) is 14.5 Å². The zero-order valence-electron chi connectivity index (χ0n) is 21.0. The molecule has 0 radical (unpaired) electrons. The number of thiazole rings is 1. The summed E-state index contributed by atoms with van der Waals surface area (Å²) in [6, 6.07) is 11.7. The molecule has 1 N–H and O–H groups in total. The van der Waals surface area contributed by atoms with Gasteiger partial charge in [-0.2, -0.15) is 0 Å². The van der Waals surface area contributed by atoms with E-state index >= 15 is 0 Å². The van der Waals surface area contributed by atoms with Crippen LogP contribution in [0.2, 0.25) is 0 Å². The van der Waals surface area contributed by atoms with Crippen LogP contribution in [0, 0.1) is 5.41 Å². The Morgan fingerprint density at radius 3 is 2.54 bits per heavy atom. The van der Waals surface area contributed by atoms with Crippen LogP contribution in [-0.4, -0.2) is 73.3 Å². The van der Waals surface area contributed by atoms with Crippen molar-refractivity contribution in [1.82, 2.24) is 9.88 Å². The number of carboxylic acids is 1. The van der Waals surface area contributed by atoms with Crippen LogP contribution in [0.25, 0.3) is 10.2 Å². The summed E-state index contributed by atoms with van der Waals surface area (Å²) in [5.41, 5.74) is 2.08. The van der Waals surface area contributed by atoms with Gasteiger partial charge < -0.3 is 19.3 Å². The summed E-state index contributed by atoms with van der Waals surface area (Å²) < 4.78 is 18.0. The lowest BCUT2D eigenvalue weighted by atomic mass is 9.76. The van der Waals surface area contributed by atoms with Gasteiger partial charge in [-0.05, 0) is 24.0 Å². The van der Waals surface area contributed by atoms with Gasteiger partial charge in [0, 0.05) is 50.0 Å². The fraction of sp³-hybridized carbons (Fsp3) is 0.464. The number of morpholine rings is 1. The summed E-state index contributed by atoms with van der Waals surface area (Å²) in [6.07, 6.45) is 1.56. The predicted octanol–water partition coefficient (Wildman–Crippen LogP) is 3.78. The number of aryl methyl sites for hydroxylation is 1. The Kier molecular flexibility index (Phi) is 7.73. The minimum Gasteiger partial charge on any atom is -0.493 e. The topological polar surface area (TPSA) is 98.2 Å². The average Bonchev–Trinajstić information content (AvgIpc) is 3.47. The highest BCUT2D eigenvalue weighted by Crippen LogP contribution is 2.42. The Morgan fingerprint density at radius 2 is 1.86 bits per heavy atom. The zero-order chi connectivity index (χ0) is 25.8. The lowest BCUT2D eigenvalue weighted by Gasteiger charge is -2.26. The normalized spacial score (nSPS) is 17.0. The monoisotopic (exact) mass is 524 g/mol. The van der Waals surface area contributed by atoms with Gasteiger partial charge in [0.15, 0.2) is 11.5 Å². The van der Waals surface area contributed by atoms with Crippen LogP contribution in [0.15, 0.2) is 36.4 Å². The van der Waals surface area contributed by atoms with Gasteiger partial charge >= 0.3 is 5.97 Å². The summed E-state index contributed by atoms with van der Waals surface area (Å²) in [7, 11) is 1.62. The lowest BCUT2D eigenvalue weighted by Crippen LogP contribution is -2.38. The summed E-state index contributed by atoms with van der Waals surface area (Å²) >= 11 is 1.53. The third-order valence-corrected chi connectivity index (χ3v) is 8.39. The lowest BCUT2D eigenvalue weighted by molar-refractivity contribution is -0.144. The van der Waals surface area contributed by atoms with Gasteiger partial charge in [0.2, 0.25) is 0 Å². The second kappa shape index (κ2) is 11.2. The molecule has 1 aliphatic carbocycles. The summed E-state index contributed by atoms with van der Waals surface area (Å²) in [6.45, 7) is 4.69. The highest BCUT2D eigenvalue weighted by molar-refractivity contribution is 7.18. The van der Waals surface area contributed by atoms with E-state index in [9.17, 15) is 14.7 Å². The molecule has 2 aliphatic rings. The van der Waals surface area contributed by atoms with E-state index in [1.807, 2.05) is 36.4 Å². The number of hydrogen-bond acceptors (Lipinski definition) is 8. The Labute approximate surface area is 220 Å². The van der Waals surface area contributed by atoms with Gasteiger partial charge in [-0.1, -0.05) is 24.3 Å². The van der Waals surface area contributed by atoms with E-state index < -0.39 is 11.4 Å². The molecule has 2 heterocycles. The van der Waals surface area contributed by atoms with Gasteiger partial charge in [0.05, 0.1) is 42.0 Å². The van der Waals surface area contributed by atoms with Crippen molar-refractivity contribution in [2.45, 2.75) is 32.1 Å². The van der Waals surface area contributed by atoms with E-state index in [1.165, 1.54) is 11.3 Å². The highest BCUT2D eigenvalue weighted by atomic mass is 32.1. The van der Waals surface area contributed by atoms with Crippen LogP contribution in [-0.2, 0) is 33.6 Å². The summed E-state index contributed by atoms with van der Waals surface area (Å²) in [5, 5.41) is 10.4. The number of Topliss-reactive ketones (excluding diaryl/α,β-unsaturated/α-hetero) is 1. The van der Waals surface area contributed by atoms with Crippen LogP contribution in [0.4, 0.5) is 0 Å². The van der Waals surface area contributed by atoms with E-state index in [2.05, 4.69) is 4.90 Å². The molecule has 5 rings (SSSR count). The second-order valence-corrected chi connectivity index (χ2v) is 10.9. The van der Waals surface area contributed by atoms with Crippen LogP contribution in [0.1, 0.15) is 29.0 Å². The molecule has 0 bridgehead atoms. The number of rotatable bonds is 11. The zero-order valence-corrected chi connectivity index (χ0v) is 21.8. The van der Waals surface area contributed by atoms with Crippen molar-refractivity contribution in [2.24, 2.45) is 5.41 Å². The second-order valence-electron chi connectivity index (χ2n) is 9.78. The molecular weight excluding hydrogens is 492 g/mol. The molecule has 0 spiro atoms. The Morgan fingerprint density at radius 1 is 1.14 bits per heavy atom. The van der Waals surface area contributed by atoms with Crippen molar-refractivity contribution >= 4 is 33.3 Å². The molecule has 1 aliphatic heterocycles. The Hall–Kier alpha value is -3.01. The van der Waals surface area contributed by atoms with Crippen LogP contribution < -0.4 is 9.47 Å². The largest absolute Gasteiger partial charge is 0.493 e. The molecule has 0 atom stereocenters. The number of benzene rings is 2. The minimum absolute atomic E-state index is 0.00456. The molecule has 1 saturated heterocycles. The smallest absolute Gasteiger partial charge is 0.304 e. The maximum atomic E-state index is 13.4. The molecule has 0 amide bonds. The van der Waals surface area contributed by atoms with Gasteiger partial charge in [0.1, 0.15) is 12.4 Å². The summed E-state index contributed by atoms with van der Waals surface area (Å²) in [4.78, 5) is 32.2. The molecule has 8 nitrogen and oxygen atoms in total. The number of aliphatic carboxylic acids is 1. The van der Waals surface area contributed by atoms with Crippen LogP contribution in [0.5, 0.6) is 11.5 Å². The number of carboxylic acid groups (broad SMARTS) is 1. The van der Waals surface area contributed by atoms with Crippen molar-refractivity contribution in [1.29, 1.82) is 0 Å². The fourth-order valence-electron chi connectivity index (χ4n) is 5.36. The van der Waals surface area contributed by atoms with Crippen molar-refractivity contribution in [2.75, 3.05) is 46.6 Å². The summed E-state index contributed by atoms with van der Waals surface area (Å²) in [5.74, 6) is 0.370. The number of hydrogen-bond donors (Lipinski definition) is 1. The molecule has 9 heteroatoms. The average molecular weight is 525 g/mol. The first-order valence-electron chi connectivity index (χ1n) is 12.7. The van der Waals surface area contributed by atoms with E-state index in [0.29, 0.717) is 37.4 Å². The first kappa shape index (κ1) is 25.6. The van der Waals surface area contributed by atoms with Crippen molar-refractivity contribution in [3.05, 3.63) is 52.5 Å². The molecule has 0 saturated carbocycles. The van der Waals surface area contributed by atoms with Gasteiger partial charge in [0.25, 0.3) is 0 Å². The van der Waals surface area contributed by atoms with E-state index in [-0.39, 0.29) is 18.6 Å². The van der Waals surface area contributed by atoms with Gasteiger partial charge in [-0.15, -0.1) is 11.3 Å². The third-order valence-electron chi connectivity index (χ3n) is 7.31. The maximum Gasteiger partial charge on any atom is 0.304 e. The molecule has 3 aromatic rings. The van der Waals surface area contributed by atoms with Crippen molar-refractivity contribution in [3.63, 3.8) is 0 Å². The first-order valence-corrected chi connectivity index (χ1v) is 13.5. The quantitative estimate of drug-likeness (QED) is 0.405. The van der Waals surface area contributed by atoms with Crippen molar-refractivity contribution < 1.29 is 28.9 Å². The number of aromatic nitrogens is 1. The Bertz CT molecular complexity index is 1260. The van der Waals surface area contributed by atoms with E-state index in [0.717, 1.165) is 59.2 Å². The molecule has 37 heavy (non-hydrogen) atoms. The molecule has 0 unspecified atom stereocenters. The number of nitrogens with zero attached hydrogens (tertiary/aromatic N) is 2. The number of methoxy groups -OCH3 is 1. The number of carbonyl (C=O) groups excluding carboxylic acids is 1. The SMILES string of the molecule is COc1cc2sc(CCC(=O)C3(CC(=O)O)Cc4ccccc4C3)nc2cc1OCCN1CCOCC1. The maximum absolute atomic E-state index is 13.4.